The van der Waals surface area contributed by atoms with Crippen LogP contribution in [0.5, 0.6) is 0 Å². The Bertz CT molecular complexity index is 1180. The van der Waals surface area contributed by atoms with Gasteiger partial charge in [0.05, 0.1) is 10.6 Å². The van der Waals surface area contributed by atoms with Gasteiger partial charge in [0.2, 0.25) is 0 Å². The SMILES string of the molecule is CN(C(=O)c1ccc2c(c1)CCCN2S(=O)(=O)c1ccc(Cl)cc1)c1ccccc1. The molecule has 7 heteroatoms. The third-order valence-electron chi connectivity index (χ3n) is 5.25. The molecule has 0 fully saturated rings. The van der Waals surface area contributed by atoms with E-state index in [0.717, 1.165) is 17.7 Å². The van der Waals surface area contributed by atoms with E-state index < -0.39 is 10.0 Å². The van der Waals surface area contributed by atoms with E-state index in [1.165, 1.54) is 16.4 Å². The van der Waals surface area contributed by atoms with Gasteiger partial charge < -0.3 is 4.90 Å². The molecule has 5 nitrogen and oxygen atoms in total. The first-order valence-corrected chi connectivity index (χ1v) is 11.4. The number of hydrogen-bond acceptors (Lipinski definition) is 3. The lowest BCUT2D eigenvalue weighted by Crippen LogP contribution is -2.35. The quantitative estimate of drug-likeness (QED) is 0.587. The molecule has 30 heavy (non-hydrogen) atoms. The van der Waals surface area contributed by atoms with E-state index in [9.17, 15) is 13.2 Å². The lowest BCUT2D eigenvalue weighted by molar-refractivity contribution is 0.0993. The Balaban J connectivity index is 1.66. The Morgan fingerprint density at radius 2 is 1.70 bits per heavy atom. The topological polar surface area (TPSA) is 57.7 Å². The lowest BCUT2D eigenvalue weighted by Gasteiger charge is -2.31. The normalized spacial score (nSPS) is 13.6. The average Bonchev–Trinajstić information content (AvgIpc) is 2.78. The molecule has 0 spiro atoms. The number of rotatable bonds is 4. The number of amides is 1. The Morgan fingerprint density at radius 3 is 2.40 bits per heavy atom. The lowest BCUT2D eigenvalue weighted by atomic mass is 10.00. The highest BCUT2D eigenvalue weighted by molar-refractivity contribution is 7.92. The van der Waals surface area contributed by atoms with Gasteiger partial charge in [0.15, 0.2) is 0 Å². The van der Waals surface area contributed by atoms with Gasteiger partial charge in [0.1, 0.15) is 0 Å². The van der Waals surface area contributed by atoms with Gasteiger partial charge in [-0.2, -0.15) is 0 Å². The summed E-state index contributed by atoms with van der Waals surface area (Å²) in [4.78, 5) is 14.7. The first kappa shape index (κ1) is 20.4. The van der Waals surface area contributed by atoms with E-state index in [1.807, 2.05) is 30.3 Å². The summed E-state index contributed by atoms with van der Waals surface area (Å²) in [5.74, 6) is -0.137. The second-order valence-corrected chi connectivity index (χ2v) is 9.48. The number of aryl methyl sites for hydroxylation is 1. The number of carbonyl (C=O) groups is 1. The molecule has 0 aromatic heterocycles. The molecule has 0 radical (unpaired) electrons. The van der Waals surface area contributed by atoms with Crippen molar-refractivity contribution in [2.24, 2.45) is 0 Å². The maximum Gasteiger partial charge on any atom is 0.264 e. The Kier molecular flexibility index (Phi) is 5.54. The summed E-state index contributed by atoms with van der Waals surface area (Å²) in [5, 5.41) is 0.485. The van der Waals surface area contributed by atoms with Crippen LogP contribution >= 0.6 is 11.6 Å². The maximum absolute atomic E-state index is 13.2. The summed E-state index contributed by atoms with van der Waals surface area (Å²) in [5.41, 5.74) is 2.80. The number of sulfonamides is 1. The Labute approximate surface area is 181 Å². The van der Waals surface area contributed by atoms with Gasteiger partial charge in [-0.3, -0.25) is 9.10 Å². The van der Waals surface area contributed by atoms with Crippen molar-refractivity contribution in [1.82, 2.24) is 0 Å². The van der Waals surface area contributed by atoms with Crippen LogP contribution < -0.4 is 9.21 Å². The highest BCUT2D eigenvalue weighted by atomic mass is 35.5. The predicted octanol–water partition coefficient (Wildman–Crippen LogP) is 4.76. The van der Waals surface area contributed by atoms with E-state index in [-0.39, 0.29) is 10.8 Å². The van der Waals surface area contributed by atoms with Crippen LogP contribution in [0.2, 0.25) is 5.02 Å². The van der Waals surface area contributed by atoms with Gasteiger partial charge in [-0.1, -0.05) is 29.8 Å². The van der Waals surface area contributed by atoms with Crippen LogP contribution in [0.1, 0.15) is 22.3 Å². The molecule has 0 N–H and O–H groups in total. The number of halogens is 1. The number of anilines is 2. The van der Waals surface area contributed by atoms with Crippen LogP contribution in [0, 0.1) is 0 Å². The summed E-state index contributed by atoms with van der Waals surface area (Å²) in [6, 6.07) is 20.8. The molecule has 154 valence electrons. The van der Waals surface area contributed by atoms with Gasteiger partial charge in [-0.05, 0) is 73.0 Å². The molecule has 0 atom stereocenters. The first-order chi connectivity index (χ1) is 14.4. The second kappa shape index (κ2) is 8.13. The van der Waals surface area contributed by atoms with Crippen molar-refractivity contribution < 1.29 is 13.2 Å². The summed E-state index contributed by atoms with van der Waals surface area (Å²) in [6.07, 6.45) is 1.41. The van der Waals surface area contributed by atoms with Gasteiger partial charge in [-0.15, -0.1) is 0 Å². The monoisotopic (exact) mass is 440 g/mol. The van der Waals surface area contributed by atoms with Crippen molar-refractivity contribution in [2.45, 2.75) is 17.7 Å². The molecule has 4 rings (SSSR count). The van der Waals surface area contributed by atoms with Crippen molar-refractivity contribution in [1.29, 1.82) is 0 Å². The van der Waals surface area contributed by atoms with Crippen LogP contribution in [0.3, 0.4) is 0 Å². The molecule has 0 saturated heterocycles. The zero-order valence-corrected chi connectivity index (χ0v) is 18.0. The van der Waals surface area contributed by atoms with Gasteiger partial charge in [0, 0.05) is 29.9 Å². The van der Waals surface area contributed by atoms with E-state index in [4.69, 9.17) is 11.6 Å². The van der Waals surface area contributed by atoms with Crippen molar-refractivity contribution in [2.75, 3.05) is 22.8 Å². The van der Waals surface area contributed by atoms with Gasteiger partial charge in [-0.25, -0.2) is 8.42 Å². The number of para-hydroxylation sites is 1. The van der Waals surface area contributed by atoms with Crippen LogP contribution in [0.25, 0.3) is 0 Å². The number of hydrogen-bond donors (Lipinski definition) is 0. The molecule has 3 aromatic rings. The van der Waals surface area contributed by atoms with Crippen LogP contribution in [-0.2, 0) is 16.4 Å². The van der Waals surface area contributed by atoms with Gasteiger partial charge in [0.25, 0.3) is 15.9 Å². The van der Waals surface area contributed by atoms with Crippen molar-refractivity contribution >= 4 is 38.9 Å². The fourth-order valence-corrected chi connectivity index (χ4v) is 5.31. The first-order valence-electron chi connectivity index (χ1n) is 9.62. The molecular formula is C23H21ClN2O3S. The Morgan fingerprint density at radius 1 is 1.00 bits per heavy atom. The van der Waals surface area contributed by atoms with Crippen LogP contribution in [0.15, 0.2) is 77.7 Å². The number of nitrogens with zero attached hydrogens (tertiary/aromatic N) is 2. The summed E-state index contributed by atoms with van der Waals surface area (Å²) in [6.45, 7) is 0.398. The molecule has 0 aliphatic carbocycles. The molecule has 3 aromatic carbocycles. The minimum atomic E-state index is -3.71. The van der Waals surface area contributed by atoms with Crippen molar-refractivity contribution in [3.63, 3.8) is 0 Å². The number of fused-ring (bicyclic) bond motifs is 1. The molecule has 1 amide bonds. The fourth-order valence-electron chi connectivity index (χ4n) is 3.64. The molecule has 1 aliphatic rings. The summed E-state index contributed by atoms with van der Waals surface area (Å²) >= 11 is 5.90. The van der Waals surface area contributed by atoms with Crippen LogP contribution in [0.4, 0.5) is 11.4 Å². The third-order valence-corrected chi connectivity index (χ3v) is 7.33. The number of carbonyl (C=O) groups excluding carboxylic acids is 1. The molecule has 0 bridgehead atoms. The highest BCUT2D eigenvalue weighted by Gasteiger charge is 2.29. The van der Waals surface area contributed by atoms with Gasteiger partial charge >= 0.3 is 0 Å². The standard InChI is InChI=1S/C23H21ClN2O3S/c1-25(20-7-3-2-4-8-20)23(27)18-9-14-22-17(16-18)6-5-15-26(22)30(28,29)21-12-10-19(24)11-13-21/h2-4,7-14,16H,5-6,15H2,1H3. The summed E-state index contributed by atoms with van der Waals surface area (Å²) in [7, 11) is -1.97. The van der Waals surface area contributed by atoms with Crippen molar-refractivity contribution in [3.05, 3.63) is 88.9 Å². The number of benzene rings is 3. The molecule has 1 aliphatic heterocycles. The largest absolute Gasteiger partial charge is 0.311 e. The molecule has 1 heterocycles. The van der Waals surface area contributed by atoms with E-state index in [2.05, 4.69) is 0 Å². The minimum absolute atomic E-state index is 0.137. The molecule has 0 saturated carbocycles. The molecule has 0 unspecified atom stereocenters. The van der Waals surface area contributed by atoms with Crippen molar-refractivity contribution in [3.8, 4) is 0 Å². The predicted molar refractivity (Wildman–Crippen MR) is 120 cm³/mol. The molecular weight excluding hydrogens is 420 g/mol. The van der Waals surface area contributed by atoms with E-state index >= 15 is 0 Å². The van der Waals surface area contributed by atoms with Crippen LogP contribution in [-0.4, -0.2) is 27.9 Å². The van der Waals surface area contributed by atoms with E-state index in [1.54, 1.807) is 42.3 Å². The Hall–Kier alpha value is -2.83. The average molecular weight is 441 g/mol. The highest BCUT2D eigenvalue weighted by Crippen LogP contribution is 2.33. The third kappa shape index (κ3) is 3.80. The summed E-state index contributed by atoms with van der Waals surface area (Å²) < 4.78 is 27.8. The smallest absolute Gasteiger partial charge is 0.264 e. The maximum atomic E-state index is 13.2. The zero-order chi connectivity index (χ0) is 21.3. The minimum Gasteiger partial charge on any atom is -0.311 e. The second-order valence-electron chi connectivity index (χ2n) is 7.18. The zero-order valence-electron chi connectivity index (χ0n) is 16.5. The van der Waals surface area contributed by atoms with E-state index in [0.29, 0.717) is 29.2 Å². The fraction of sp³-hybridized carbons (Fsp3) is 0.174.